The first-order valence-electron chi connectivity index (χ1n) is 6.12. The number of benzene rings is 1. The molecule has 8 heteroatoms. The molecule has 0 aromatic heterocycles. The first-order chi connectivity index (χ1) is 9.28. The monoisotopic (exact) mass is 319 g/mol. The number of nitrogens with zero attached hydrogens (tertiary/aromatic N) is 1. The van der Waals surface area contributed by atoms with E-state index in [2.05, 4.69) is 0 Å². The van der Waals surface area contributed by atoms with Gasteiger partial charge in [0, 0.05) is 11.6 Å². The third kappa shape index (κ3) is 4.09. The van der Waals surface area contributed by atoms with Crippen molar-refractivity contribution in [3.8, 4) is 0 Å². The van der Waals surface area contributed by atoms with Crippen molar-refractivity contribution in [2.75, 3.05) is 18.8 Å². The molecule has 6 nitrogen and oxygen atoms in total. The molecule has 0 saturated heterocycles. The molecule has 1 rings (SSSR count). The number of halogens is 1. The standard InChI is InChI=1S/C12H18ClN3O3S/c1-2-3-6-16(8-12(15)17)20(18,19)11-7-9(13)4-5-10(11)14/h4-5,7H,2-3,6,8,14H2,1H3,(H2,15,17). The Bertz CT molecular complexity index is 590. The molecular formula is C12H18ClN3O3S. The van der Waals surface area contributed by atoms with Gasteiger partial charge in [0.1, 0.15) is 4.90 Å². The van der Waals surface area contributed by atoms with Crippen molar-refractivity contribution in [3.63, 3.8) is 0 Å². The van der Waals surface area contributed by atoms with Gasteiger partial charge in [0.25, 0.3) is 0 Å². The van der Waals surface area contributed by atoms with Crippen LogP contribution in [0.25, 0.3) is 0 Å². The molecule has 0 radical (unpaired) electrons. The SMILES string of the molecule is CCCCN(CC(N)=O)S(=O)(=O)c1cc(Cl)ccc1N. The summed E-state index contributed by atoms with van der Waals surface area (Å²) in [6.45, 7) is 1.74. The predicted molar refractivity (Wildman–Crippen MR) is 78.7 cm³/mol. The first-order valence-corrected chi connectivity index (χ1v) is 7.94. The van der Waals surface area contributed by atoms with E-state index in [1.165, 1.54) is 18.2 Å². The molecule has 20 heavy (non-hydrogen) atoms. The van der Waals surface area contributed by atoms with Crippen LogP contribution >= 0.6 is 11.6 Å². The van der Waals surface area contributed by atoms with E-state index in [-0.39, 0.29) is 28.7 Å². The van der Waals surface area contributed by atoms with Crippen LogP contribution in [0.15, 0.2) is 23.1 Å². The molecule has 0 bridgehead atoms. The molecule has 0 heterocycles. The largest absolute Gasteiger partial charge is 0.398 e. The normalized spacial score (nSPS) is 11.8. The number of amides is 1. The topological polar surface area (TPSA) is 106 Å². The maximum Gasteiger partial charge on any atom is 0.245 e. The summed E-state index contributed by atoms with van der Waals surface area (Å²) < 4.78 is 26.1. The molecule has 0 aliphatic carbocycles. The summed E-state index contributed by atoms with van der Waals surface area (Å²) in [5.74, 6) is -0.717. The summed E-state index contributed by atoms with van der Waals surface area (Å²) >= 11 is 5.81. The van der Waals surface area contributed by atoms with E-state index >= 15 is 0 Å². The zero-order chi connectivity index (χ0) is 15.3. The molecule has 0 fully saturated rings. The Hall–Kier alpha value is -1.31. The zero-order valence-electron chi connectivity index (χ0n) is 11.2. The van der Waals surface area contributed by atoms with E-state index in [4.69, 9.17) is 23.1 Å². The van der Waals surface area contributed by atoms with Crippen molar-refractivity contribution < 1.29 is 13.2 Å². The van der Waals surface area contributed by atoms with Gasteiger partial charge < -0.3 is 11.5 Å². The Morgan fingerprint density at radius 2 is 2.05 bits per heavy atom. The van der Waals surface area contributed by atoms with Gasteiger partial charge in [-0.1, -0.05) is 24.9 Å². The fourth-order valence-electron chi connectivity index (χ4n) is 1.66. The average Bonchev–Trinajstić information content (AvgIpc) is 2.36. The van der Waals surface area contributed by atoms with Crippen LogP contribution in [0, 0.1) is 0 Å². The Kier molecular flexibility index (Phi) is 5.79. The molecule has 0 unspecified atom stereocenters. The van der Waals surface area contributed by atoms with Gasteiger partial charge in [0.2, 0.25) is 15.9 Å². The molecule has 0 aliphatic heterocycles. The summed E-state index contributed by atoms with van der Waals surface area (Å²) in [5, 5.41) is 0.257. The summed E-state index contributed by atoms with van der Waals surface area (Å²) in [6, 6.07) is 4.18. The third-order valence-corrected chi connectivity index (χ3v) is 4.82. The maximum absolute atomic E-state index is 12.5. The number of sulfonamides is 1. The summed E-state index contributed by atoms with van der Waals surface area (Å²) in [7, 11) is -3.90. The number of unbranched alkanes of at least 4 members (excludes halogenated alkanes) is 1. The number of hydrogen-bond acceptors (Lipinski definition) is 4. The van der Waals surface area contributed by atoms with Gasteiger partial charge in [-0.3, -0.25) is 4.79 Å². The van der Waals surface area contributed by atoms with E-state index in [1.807, 2.05) is 6.92 Å². The molecule has 1 aromatic rings. The highest BCUT2D eigenvalue weighted by atomic mass is 35.5. The first kappa shape index (κ1) is 16.7. The molecule has 1 aromatic carbocycles. The Labute approximate surface area is 123 Å². The van der Waals surface area contributed by atoms with Gasteiger partial charge >= 0.3 is 0 Å². The predicted octanol–water partition coefficient (Wildman–Crippen LogP) is 1.20. The number of rotatable bonds is 7. The smallest absolute Gasteiger partial charge is 0.245 e. The number of hydrogen-bond donors (Lipinski definition) is 2. The van der Waals surface area contributed by atoms with Crippen LogP contribution in [0.2, 0.25) is 5.02 Å². The van der Waals surface area contributed by atoms with Crippen LogP contribution < -0.4 is 11.5 Å². The van der Waals surface area contributed by atoms with E-state index in [0.717, 1.165) is 10.7 Å². The second kappa shape index (κ2) is 6.92. The molecule has 4 N–H and O–H groups in total. The lowest BCUT2D eigenvalue weighted by atomic mass is 10.3. The lowest BCUT2D eigenvalue weighted by molar-refractivity contribution is -0.118. The highest BCUT2D eigenvalue weighted by Crippen LogP contribution is 2.25. The molecule has 0 saturated carbocycles. The van der Waals surface area contributed by atoms with E-state index < -0.39 is 15.9 Å². The van der Waals surface area contributed by atoms with Crippen molar-refractivity contribution in [1.82, 2.24) is 4.31 Å². The lowest BCUT2D eigenvalue weighted by Gasteiger charge is -2.21. The van der Waals surface area contributed by atoms with Crippen molar-refractivity contribution in [3.05, 3.63) is 23.2 Å². The summed E-state index contributed by atoms with van der Waals surface area (Å²) in [5.41, 5.74) is 10.9. The number of primary amides is 1. The minimum absolute atomic E-state index is 0.0837. The molecule has 0 atom stereocenters. The number of nitrogen functional groups attached to an aromatic ring is 1. The van der Waals surface area contributed by atoms with Crippen LogP contribution in [-0.4, -0.2) is 31.7 Å². The van der Waals surface area contributed by atoms with Crippen molar-refractivity contribution >= 4 is 33.2 Å². The number of carbonyl (C=O) groups is 1. The van der Waals surface area contributed by atoms with Gasteiger partial charge in [-0.25, -0.2) is 8.42 Å². The fourth-order valence-corrected chi connectivity index (χ4v) is 3.49. The van der Waals surface area contributed by atoms with Crippen molar-refractivity contribution in [2.24, 2.45) is 5.73 Å². The highest BCUT2D eigenvalue weighted by Gasteiger charge is 2.27. The Morgan fingerprint density at radius 1 is 1.40 bits per heavy atom. The van der Waals surface area contributed by atoms with Crippen LogP contribution in [0.3, 0.4) is 0 Å². The van der Waals surface area contributed by atoms with Crippen LogP contribution in [-0.2, 0) is 14.8 Å². The molecular weight excluding hydrogens is 302 g/mol. The number of nitrogens with two attached hydrogens (primary N) is 2. The maximum atomic E-state index is 12.5. The minimum atomic E-state index is -3.90. The number of anilines is 1. The van der Waals surface area contributed by atoms with Gasteiger partial charge in [-0.05, 0) is 24.6 Å². The second-order valence-electron chi connectivity index (χ2n) is 4.34. The van der Waals surface area contributed by atoms with E-state index in [9.17, 15) is 13.2 Å². The third-order valence-electron chi connectivity index (χ3n) is 2.69. The summed E-state index contributed by atoms with van der Waals surface area (Å²) in [4.78, 5) is 11.0. The molecule has 1 amide bonds. The molecule has 0 spiro atoms. The van der Waals surface area contributed by atoms with Crippen LogP contribution in [0.1, 0.15) is 19.8 Å². The molecule has 112 valence electrons. The van der Waals surface area contributed by atoms with Gasteiger partial charge in [-0.15, -0.1) is 0 Å². The Morgan fingerprint density at radius 3 is 2.60 bits per heavy atom. The van der Waals surface area contributed by atoms with Crippen molar-refractivity contribution in [2.45, 2.75) is 24.7 Å². The van der Waals surface area contributed by atoms with Crippen LogP contribution in [0.5, 0.6) is 0 Å². The summed E-state index contributed by atoms with van der Waals surface area (Å²) in [6.07, 6.45) is 1.41. The van der Waals surface area contributed by atoms with Gasteiger partial charge in [0.05, 0.1) is 12.2 Å². The van der Waals surface area contributed by atoms with E-state index in [1.54, 1.807) is 0 Å². The average molecular weight is 320 g/mol. The number of carbonyl (C=O) groups excluding carboxylic acids is 1. The van der Waals surface area contributed by atoms with Crippen LogP contribution in [0.4, 0.5) is 5.69 Å². The highest BCUT2D eigenvalue weighted by molar-refractivity contribution is 7.89. The second-order valence-corrected chi connectivity index (χ2v) is 6.68. The van der Waals surface area contributed by atoms with E-state index in [0.29, 0.717) is 6.42 Å². The van der Waals surface area contributed by atoms with Gasteiger partial charge in [0.15, 0.2) is 0 Å². The van der Waals surface area contributed by atoms with Crippen molar-refractivity contribution in [1.29, 1.82) is 0 Å². The van der Waals surface area contributed by atoms with Gasteiger partial charge in [-0.2, -0.15) is 4.31 Å². The Balaban J connectivity index is 3.20. The lowest BCUT2D eigenvalue weighted by Crippen LogP contribution is -2.39. The fraction of sp³-hybridized carbons (Fsp3) is 0.417. The molecule has 0 aliphatic rings. The zero-order valence-corrected chi connectivity index (χ0v) is 12.7. The quantitative estimate of drug-likeness (QED) is 0.736. The minimum Gasteiger partial charge on any atom is -0.398 e.